The second-order valence-electron chi connectivity index (χ2n) is 6.70. The summed E-state index contributed by atoms with van der Waals surface area (Å²) in [6.45, 7) is 0.631. The van der Waals surface area contributed by atoms with Gasteiger partial charge in [0.1, 0.15) is 6.23 Å². The van der Waals surface area contributed by atoms with Crippen LogP contribution in [0.2, 0.25) is 0 Å². The van der Waals surface area contributed by atoms with Gasteiger partial charge in [0, 0.05) is 25.3 Å². The van der Waals surface area contributed by atoms with E-state index in [-0.39, 0.29) is 18.9 Å². The first-order chi connectivity index (χ1) is 11.1. The van der Waals surface area contributed by atoms with Gasteiger partial charge in [0.25, 0.3) is 0 Å². The predicted molar refractivity (Wildman–Crippen MR) is 80.3 cm³/mol. The van der Waals surface area contributed by atoms with Gasteiger partial charge in [-0.3, -0.25) is 4.90 Å². The van der Waals surface area contributed by atoms with Crippen molar-refractivity contribution in [2.75, 3.05) is 20.4 Å². The molecule has 0 aromatic heterocycles. The highest BCUT2D eigenvalue weighted by atomic mass is 16.7. The molecule has 3 aliphatic heterocycles. The lowest BCUT2D eigenvalue weighted by molar-refractivity contribution is -0.0399. The Kier molecular flexibility index (Phi) is 2.69. The topological polar surface area (TPSA) is 71.4 Å². The standard InChI is InChI=1S/C17H19NO5/c1-21-9-2-3-17-11-6-13-12(22-8-23-13)5-10(11)16(20)18(7-15(17)19)14(17)4-9/h2-3,5-6,9,14-16,19-20H,4,7-8H2,1H3/t9-,14-,15?,16-,17+/m0/s1. The van der Waals surface area contributed by atoms with Gasteiger partial charge in [-0.05, 0) is 24.1 Å². The van der Waals surface area contributed by atoms with Crippen molar-refractivity contribution < 1.29 is 24.4 Å². The Morgan fingerprint density at radius 3 is 2.83 bits per heavy atom. The Balaban J connectivity index is 1.75. The maximum absolute atomic E-state index is 10.8. The van der Waals surface area contributed by atoms with E-state index in [1.807, 2.05) is 23.1 Å². The second kappa shape index (κ2) is 4.48. The molecule has 6 atom stereocenters. The minimum Gasteiger partial charge on any atom is -0.454 e. The van der Waals surface area contributed by atoms with Crippen LogP contribution in [-0.2, 0) is 10.2 Å². The van der Waals surface area contributed by atoms with Gasteiger partial charge in [-0.1, -0.05) is 12.2 Å². The number of fused-ring (bicyclic) bond motifs is 2. The summed E-state index contributed by atoms with van der Waals surface area (Å²) in [5, 5.41) is 21.7. The lowest BCUT2D eigenvalue weighted by atomic mass is 9.65. The quantitative estimate of drug-likeness (QED) is 0.742. The number of aliphatic hydroxyl groups excluding tert-OH is 2. The van der Waals surface area contributed by atoms with Crippen molar-refractivity contribution in [2.24, 2.45) is 0 Å². The van der Waals surface area contributed by atoms with E-state index in [1.165, 1.54) is 0 Å². The molecule has 1 aromatic rings. The third-order valence-corrected chi connectivity index (χ3v) is 5.84. The molecule has 1 saturated heterocycles. The molecule has 6 nitrogen and oxygen atoms in total. The predicted octanol–water partition coefficient (Wildman–Crippen LogP) is 0.678. The number of methoxy groups -OCH3 is 1. The van der Waals surface area contributed by atoms with Gasteiger partial charge in [-0.15, -0.1) is 0 Å². The summed E-state index contributed by atoms with van der Waals surface area (Å²) in [5.41, 5.74) is 1.21. The van der Waals surface area contributed by atoms with Gasteiger partial charge in [0.15, 0.2) is 11.5 Å². The van der Waals surface area contributed by atoms with E-state index in [2.05, 4.69) is 6.08 Å². The molecule has 0 amide bonds. The number of hydrogen-bond donors (Lipinski definition) is 2. The number of nitrogens with zero attached hydrogens (tertiary/aromatic N) is 1. The molecule has 0 spiro atoms. The number of rotatable bonds is 1. The highest BCUT2D eigenvalue weighted by molar-refractivity contribution is 5.57. The van der Waals surface area contributed by atoms with E-state index < -0.39 is 17.7 Å². The summed E-state index contributed by atoms with van der Waals surface area (Å²) < 4.78 is 16.4. The van der Waals surface area contributed by atoms with Crippen LogP contribution in [0.15, 0.2) is 24.3 Å². The molecule has 2 bridgehead atoms. The highest BCUT2D eigenvalue weighted by Crippen LogP contribution is 2.56. The molecule has 0 saturated carbocycles. The highest BCUT2D eigenvalue weighted by Gasteiger charge is 2.61. The molecule has 0 radical (unpaired) electrons. The van der Waals surface area contributed by atoms with Gasteiger partial charge in [-0.2, -0.15) is 0 Å². The normalized spacial score (nSPS) is 42.5. The molecule has 1 aliphatic carbocycles. The fraction of sp³-hybridized carbons (Fsp3) is 0.529. The average Bonchev–Trinajstić information content (AvgIpc) is 3.12. The zero-order chi connectivity index (χ0) is 15.8. The first-order valence-electron chi connectivity index (χ1n) is 7.93. The van der Waals surface area contributed by atoms with E-state index in [4.69, 9.17) is 14.2 Å². The molecule has 6 heteroatoms. The Morgan fingerprint density at radius 1 is 1.26 bits per heavy atom. The van der Waals surface area contributed by atoms with E-state index in [9.17, 15) is 10.2 Å². The van der Waals surface area contributed by atoms with Crippen molar-refractivity contribution in [3.05, 3.63) is 35.4 Å². The SMILES string of the molecule is CO[C@H]1C=C[C@]23c4cc5c(cc4[C@H](O)N(CC2O)[C@H]3C1)OCO5. The van der Waals surface area contributed by atoms with Crippen LogP contribution in [0.3, 0.4) is 0 Å². The van der Waals surface area contributed by atoms with Gasteiger partial charge in [0.05, 0.1) is 17.6 Å². The maximum Gasteiger partial charge on any atom is 0.231 e. The maximum atomic E-state index is 10.8. The number of hydrogen-bond acceptors (Lipinski definition) is 6. The minimum absolute atomic E-state index is 0.00341. The average molecular weight is 317 g/mol. The van der Waals surface area contributed by atoms with Crippen LogP contribution in [-0.4, -0.2) is 53.8 Å². The molecule has 2 unspecified atom stereocenters. The number of benzene rings is 1. The van der Waals surface area contributed by atoms with Crippen LogP contribution in [0.25, 0.3) is 0 Å². The smallest absolute Gasteiger partial charge is 0.231 e. The Morgan fingerprint density at radius 2 is 2.04 bits per heavy atom. The molecule has 122 valence electrons. The van der Waals surface area contributed by atoms with Crippen LogP contribution in [0.1, 0.15) is 23.8 Å². The van der Waals surface area contributed by atoms with Crippen molar-refractivity contribution in [2.45, 2.75) is 36.3 Å². The summed E-state index contributed by atoms with van der Waals surface area (Å²) in [7, 11) is 1.69. The zero-order valence-corrected chi connectivity index (χ0v) is 12.8. The van der Waals surface area contributed by atoms with Crippen molar-refractivity contribution in [3.8, 4) is 11.5 Å². The second-order valence-corrected chi connectivity index (χ2v) is 6.70. The van der Waals surface area contributed by atoms with Crippen molar-refractivity contribution >= 4 is 0 Å². The van der Waals surface area contributed by atoms with Gasteiger partial charge in [0.2, 0.25) is 6.79 Å². The Hall–Kier alpha value is -1.60. The molecule has 4 aliphatic rings. The summed E-state index contributed by atoms with van der Waals surface area (Å²) in [6.07, 6.45) is 3.51. The van der Waals surface area contributed by atoms with Crippen LogP contribution >= 0.6 is 0 Å². The van der Waals surface area contributed by atoms with Crippen LogP contribution in [0, 0.1) is 0 Å². The molecular formula is C17H19NO5. The van der Waals surface area contributed by atoms with Crippen LogP contribution < -0.4 is 9.47 Å². The van der Waals surface area contributed by atoms with Crippen molar-refractivity contribution in [3.63, 3.8) is 0 Å². The van der Waals surface area contributed by atoms with E-state index in [0.29, 0.717) is 18.0 Å². The summed E-state index contributed by atoms with van der Waals surface area (Å²) in [6, 6.07) is 3.79. The molecule has 5 rings (SSSR count). The van der Waals surface area contributed by atoms with Crippen LogP contribution in [0.5, 0.6) is 11.5 Å². The largest absolute Gasteiger partial charge is 0.454 e. The fourth-order valence-corrected chi connectivity index (χ4v) is 4.71. The summed E-state index contributed by atoms with van der Waals surface area (Å²) in [4.78, 5) is 1.98. The fourth-order valence-electron chi connectivity index (χ4n) is 4.71. The lowest BCUT2D eigenvalue weighted by Gasteiger charge is -2.48. The zero-order valence-electron chi connectivity index (χ0n) is 12.8. The van der Waals surface area contributed by atoms with Crippen molar-refractivity contribution in [1.29, 1.82) is 0 Å². The molecule has 1 aromatic carbocycles. The van der Waals surface area contributed by atoms with Crippen molar-refractivity contribution in [1.82, 2.24) is 4.90 Å². The Labute approximate surface area is 133 Å². The molecular weight excluding hydrogens is 298 g/mol. The first-order valence-corrected chi connectivity index (χ1v) is 7.93. The summed E-state index contributed by atoms with van der Waals surface area (Å²) in [5.74, 6) is 1.33. The van der Waals surface area contributed by atoms with Gasteiger partial charge >= 0.3 is 0 Å². The van der Waals surface area contributed by atoms with Crippen LogP contribution in [0.4, 0.5) is 0 Å². The molecule has 1 fully saturated rings. The van der Waals surface area contributed by atoms with E-state index in [0.717, 1.165) is 17.5 Å². The number of ether oxygens (including phenoxy) is 3. The lowest BCUT2D eigenvalue weighted by Crippen LogP contribution is -2.53. The molecule has 3 heterocycles. The van der Waals surface area contributed by atoms with E-state index in [1.54, 1.807) is 7.11 Å². The Bertz CT molecular complexity index is 704. The first kappa shape index (κ1) is 13.8. The number of aliphatic hydroxyl groups is 2. The monoisotopic (exact) mass is 317 g/mol. The molecule has 2 N–H and O–H groups in total. The third kappa shape index (κ3) is 1.57. The van der Waals surface area contributed by atoms with Gasteiger partial charge in [-0.25, -0.2) is 0 Å². The van der Waals surface area contributed by atoms with Gasteiger partial charge < -0.3 is 24.4 Å². The minimum atomic E-state index is -0.751. The van der Waals surface area contributed by atoms with E-state index >= 15 is 0 Å². The molecule has 23 heavy (non-hydrogen) atoms. The summed E-state index contributed by atoms with van der Waals surface area (Å²) >= 11 is 0. The third-order valence-electron chi connectivity index (χ3n) is 5.84.